The molecular formula is C33H31N5O5. The highest BCUT2D eigenvalue weighted by Gasteiger charge is 2.25. The van der Waals surface area contributed by atoms with E-state index in [1.165, 1.54) is 6.20 Å². The van der Waals surface area contributed by atoms with Crippen LogP contribution in [0.3, 0.4) is 0 Å². The van der Waals surface area contributed by atoms with Gasteiger partial charge in [-0.25, -0.2) is 0 Å². The van der Waals surface area contributed by atoms with Gasteiger partial charge in [-0.15, -0.1) is 0 Å². The minimum absolute atomic E-state index is 0.0330. The third-order valence-electron chi connectivity index (χ3n) is 7.24. The summed E-state index contributed by atoms with van der Waals surface area (Å²) in [4.78, 5) is 58.9. The number of anilines is 2. The number of aromatic nitrogens is 1. The van der Waals surface area contributed by atoms with E-state index >= 15 is 0 Å². The first-order valence-corrected chi connectivity index (χ1v) is 13.9. The molecule has 0 bridgehead atoms. The minimum atomic E-state index is -1.06. The van der Waals surface area contributed by atoms with Crippen molar-refractivity contribution in [1.82, 2.24) is 15.2 Å². The van der Waals surface area contributed by atoms with Crippen LogP contribution >= 0.6 is 0 Å². The highest BCUT2D eigenvalue weighted by Crippen LogP contribution is 2.30. The smallest absolute Gasteiger partial charge is 0.305 e. The number of carbonyl (C=O) groups is 4. The predicted octanol–water partition coefficient (Wildman–Crippen LogP) is 4.24. The molecule has 3 amide bonds. The number of hydrogen-bond donors (Lipinski definition) is 3. The largest absolute Gasteiger partial charge is 0.481 e. The summed E-state index contributed by atoms with van der Waals surface area (Å²) in [6.07, 6.45) is 2.77. The molecule has 2 heterocycles. The van der Waals surface area contributed by atoms with Crippen LogP contribution in [0.4, 0.5) is 11.4 Å². The van der Waals surface area contributed by atoms with Crippen LogP contribution in [-0.2, 0) is 4.79 Å². The van der Waals surface area contributed by atoms with E-state index in [9.17, 15) is 24.3 Å². The summed E-state index contributed by atoms with van der Waals surface area (Å²) in [6.45, 7) is 2.04. The highest BCUT2D eigenvalue weighted by atomic mass is 16.4. The van der Waals surface area contributed by atoms with E-state index in [1.807, 2.05) is 24.3 Å². The van der Waals surface area contributed by atoms with Gasteiger partial charge in [0.2, 0.25) is 0 Å². The Labute approximate surface area is 249 Å². The van der Waals surface area contributed by atoms with Crippen LogP contribution in [0.5, 0.6) is 0 Å². The molecule has 0 aliphatic carbocycles. The van der Waals surface area contributed by atoms with Crippen LogP contribution in [-0.4, -0.2) is 64.9 Å². The van der Waals surface area contributed by atoms with E-state index in [1.54, 1.807) is 77.8 Å². The maximum absolute atomic E-state index is 13.4. The lowest BCUT2D eigenvalue weighted by molar-refractivity contribution is -0.137. The second-order valence-corrected chi connectivity index (χ2v) is 10.1. The Bertz CT molecular complexity index is 1590. The average Bonchev–Trinajstić information content (AvgIpc) is 3.05. The van der Waals surface area contributed by atoms with Gasteiger partial charge in [-0.1, -0.05) is 42.5 Å². The van der Waals surface area contributed by atoms with E-state index < -0.39 is 17.9 Å². The van der Waals surface area contributed by atoms with Crippen molar-refractivity contribution in [1.29, 1.82) is 0 Å². The predicted molar refractivity (Wildman–Crippen MR) is 162 cm³/mol. The van der Waals surface area contributed by atoms with Gasteiger partial charge in [-0.2, -0.15) is 0 Å². The van der Waals surface area contributed by atoms with Crippen LogP contribution in [0.15, 0.2) is 103 Å². The van der Waals surface area contributed by atoms with Gasteiger partial charge in [-0.05, 0) is 54.1 Å². The van der Waals surface area contributed by atoms with Crippen molar-refractivity contribution < 1.29 is 24.3 Å². The molecule has 1 saturated heterocycles. The van der Waals surface area contributed by atoms with Gasteiger partial charge >= 0.3 is 5.97 Å². The first-order chi connectivity index (χ1) is 20.9. The summed E-state index contributed by atoms with van der Waals surface area (Å²) in [5.41, 5.74) is 3.05. The number of rotatable bonds is 9. The first-order valence-electron chi connectivity index (χ1n) is 13.9. The number of carboxylic acids is 1. The van der Waals surface area contributed by atoms with Crippen molar-refractivity contribution in [2.45, 2.75) is 12.5 Å². The Morgan fingerprint density at radius 1 is 0.767 bits per heavy atom. The molecule has 1 aromatic heterocycles. The van der Waals surface area contributed by atoms with E-state index in [4.69, 9.17) is 0 Å². The quantitative estimate of drug-likeness (QED) is 0.271. The number of benzene rings is 3. The number of carboxylic acid groups (broad SMARTS) is 1. The van der Waals surface area contributed by atoms with E-state index in [0.29, 0.717) is 54.2 Å². The molecule has 1 unspecified atom stereocenters. The molecule has 1 fully saturated rings. The standard InChI is InChI=1S/C33H31N5O5/c39-30(40)21-27(26-12-7-15-34-22-26)35-32(42)25-13-14-29(28(20-25)36-31(41)23-8-3-1-4-9-23)37-16-18-38(19-17-37)33(43)24-10-5-2-6-11-24/h1-15,20,22,27H,16-19,21H2,(H,35,42)(H,36,41)(H,39,40). The zero-order valence-corrected chi connectivity index (χ0v) is 23.3. The van der Waals surface area contributed by atoms with Gasteiger partial charge in [0, 0.05) is 55.3 Å². The Morgan fingerprint density at radius 2 is 1.44 bits per heavy atom. The van der Waals surface area contributed by atoms with E-state index in [-0.39, 0.29) is 23.8 Å². The molecule has 0 saturated carbocycles. The van der Waals surface area contributed by atoms with E-state index in [0.717, 1.165) is 0 Å². The molecule has 43 heavy (non-hydrogen) atoms. The number of aliphatic carboxylic acids is 1. The minimum Gasteiger partial charge on any atom is -0.481 e. The number of pyridine rings is 1. The fourth-order valence-corrected chi connectivity index (χ4v) is 5.00. The van der Waals surface area contributed by atoms with Gasteiger partial charge in [-0.3, -0.25) is 24.2 Å². The maximum atomic E-state index is 13.4. The fraction of sp³-hybridized carbons (Fsp3) is 0.182. The molecule has 0 spiro atoms. The number of hydrogen-bond acceptors (Lipinski definition) is 6. The molecular weight excluding hydrogens is 546 g/mol. The second-order valence-electron chi connectivity index (χ2n) is 10.1. The summed E-state index contributed by atoms with van der Waals surface area (Å²) in [7, 11) is 0. The zero-order chi connectivity index (χ0) is 30.2. The lowest BCUT2D eigenvalue weighted by Gasteiger charge is -2.37. The van der Waals surface area contributed by atoms with Crippen molar-refractivity contribution >= 4 is 35.1 Å². The van der Waals surface area contributed by atoms with Crippen LogP contribution < -0.4 is 15.5 Å². The molecule has 1 aliphatic heterocycles. The van der Waals surface area contributed by atoms with Gasteiger partial charge in [0.1, 0.15) is 0 Å². The second kappa shape index (κ2) is 13.4. The molecule has 0 radical (unpaired) electrons. The van der Waals surface area contributed by atoms with Crippen LogP contribution in [0.2, 0.25) is 0 Å². The number of nitrogens with one attached hydrogen (secondary N) is 2. The first kappa shape index (κ1) is 29.0. The van der Waals surface area contributed by atoms with Gasteiger partial charge < -0.3 is 25.5 Å². The normalized spacial score (nSPS) is 13.6. The molecule has 3 aromatic carbocycles. The lowest BCUT2D eigenvalue weighted by atomic mass is 10.0. The fourth-order valence-electron chi connectivity index (χ4n) is 5.00. The third-order valence-corrected chi connectivity index (χ3v) is 7.24. The number of carbonyl (C=O) groups excluding carboxylic acids is 3. The van der Waals surface area contributed by atoms with Gasteiger partial charge in [0.25, 0.3) is 17.7 Å². The van der Waals surface area contributed by atoms with E-state index in [2.05, 4.69) is 20.5 Å². The van der Waals surface area contributed by atoms with Gasteiger partial charge in [0.05, 0.1) is 23.8 Å². The summed E-state index contributed by atoms with van der Waals surface area (Å²) < 4.78 is 0. The number of piperazine rings is 1. The van der Waals surface area contributed by atoms with Crippen molar-refractivity contribution in [3.63, 3.8) is 0 Å². The van der Waals surface area contributed by atoms with Crippen molar-refractivity contribution in [3.05, 3.63) is 126 Å². The summed E-state index contributed by atoms with van der Waals surface area (Å²) in [6, 6.07) is 25.5. The topological polar surface area (TPSA) is 132 Å². The molecule has 10 nitrogen and oxygen atoms in total. The lowest BCUT2D eigenvalue weighted by Crippen LogP contribution is -2.49. The summed E-state index contributed by atoms with van der Waals surface area (Å²) >= 11 is 0. The van der Waals surface area contributed by atoms with Crippen LogP contribution in [0.1, 0.15) is 49.1 Å². The summed E-state index contributed by atoms with van der Waals surface area (Å²) in [5, 5.41) is 15.2. The maximum Gasteiger partial charge on any atom is 0.305 e. The zero-order valence-electron chi connectivity index (χ0n) is 23.3. The molecule has 4 aromatic rings. The molecule has 1 atom stereocenters. The van der Waals surface area contributed by atoms with Crippen LogP contribution in [0, 0.1) is 0 Å². The number of nitrogens with zero attached hydrogens (tertiary/aromatic N) is 3. The Kier molecular flexibility index (Phi) is 9.06. The Balaban J connectivity index is 1.38. The number of amides is 3. The van der Waals surface area contributed by atoms with Crippen molar-refractivity contribution in [3.8, 4) is 0 Å². The van der Waals surface area contributed by atoms with Gasteiger partial charge in [0.15, 0.2) is 0 Å². The molecule has 5 rings (SSSR count). The monoisotopic (exact) mass is 577 g/mol. The van der Waals surface area contributed by atoms with Crippen molar-refractivity contribution in [2.75, 3.05) is 36.4 Å². The SMILES string of the molecule is O=C(O)CC(NC(=O)c1ccc(N2CCN(C(=O)c3ccccc3)CC2)c(NC(=O)c2ccccc2)c1)c1cccnc1. The van der Waals surface area contributed by atoms with Crippen molar-refractivity contribution in [2.24, 2.45) is 0 Å². The third kappa shape index (κ3) is 7.23. The molecule has 1 aliphatic rings. The highest BCUT2D eigenvalue weighted by molar-refractivity contribution is 6.07. The Hall–Kier alpha value is -5.51. The average molecular weight is 578 g/mol. The molecule has 218 valence electrons. The molecule has 3 N–H and O–H groups in total. The molecule has 10 heteroatoms. The Morgan fingerprint density at radius 3 is 2.07 bits per heavy atom. The summed E-state index contributed by atoms with van der Waals surface area (Å²) in [5.74, 6) is -1.92. The van der Waals surface area contributed by atoms with Crippen LogP contribution in [0.25, 0.3) is 0 Å².